The number of nitrogens with zero attached hydrogens (tertiary/aromatic N) is 2. The summed E-state index contributed by atoms with van der Waals surface area (Å²) in [4.78, 5) is 35.4. The molecule has 0 spiro atoms. The van der Waals surface area contributed by atoms with Crippen molar-refractivity contribution in [2.24, 2.45) is 0 Å². The van der Waals surface area contributed by atoms with Gasteiger partial charge in [0.1, 0.15) is 12.3 Å². The van der Waals surface area contributed by atoms with Gasteiger partial charge in [-0.2, -0.15) is 5.10 Å². The second-order valence-corrected chi connectivity index (χ2v) is 5.72. The van der Waals surface area contributed by atoms with E-state index in [1.54, 1.807) is 12.1 Å². The molecular weight excluding hydrogens is 326 g/mol. The second kappa shape index (κ2) is 6.76. The van der Waals surface area contributed by atoms with E-state index in [4.69, 9.17) is 9.47 Å². The minimum Gasteiger partial charge on any atom is -0.482 e. The number of aryl methyl sites for hydroxylation is 2. The number of ether oxygens (including phenoxy) is 2. The molecule has 130 valence electrons. The van der Waals surface area contributed by atoms with E-state index in [0.717, 1.165) is 11.4 Å². The van der Waals surface area contributed by atoms with Gasteiger partial charge in [-0.3, -0.25) is 19.1 Å². The van der Waals surface area contributed by atoms with E-state index in [0.29, 0.717) is 17.0 Å². The Balaban J connectivity index is 1.59. The maximum atomic E-state index is 12.2. The van der Waals surface area contributed by atoms with Crippen molar-refractivity contribution < 1.29 is 23.9 Å². The maximum absolute atomic E-state index is 12.2. The molecule has 2 heterocycles. The van der Waals surface area contributed by atoms with E-state index in [1.807, 2.05) is 19.9 Å². The van der Waals surface area contributed by atoms with Crippen LogP contribution in [0.25, 0.3) is 0 Å². The summed E-state index contributed by atoms with van der Waals surface area (Å²) in [7, 11) is 0. The molecule has 1 aliphatic rings. The summed E-state index contributed by atoms with van der Waals surface area (Å²) < 4.78 is 11.8. The Morgan fingerprint density at radius 2 is 2.12 bits per heavy atom. The van der Waals surface area contributed by atoms with Crippen molar-refractivity contribution in [3.05, 3.63) is 41.2 Å². The molecule has 25 heavy (non-hydrogen) atoms. The number of carbonyl (C=O) groups excluding carboxylic acids is 3. The first-order valence-corrected chi connectivity index (χ1v) is 7.69. The van der Waals surface area contributed by atoms with Gasteiger partial charge in [-0.1, -0.05) is 0 Å². The van der Waals surface area contributed by atoms with Crippen molar-refractivity contribution in [1.29, 1.82) is 0 Å². The van der Waals surface area contributed by atoms with Crippen LogP contribution in [0.3, 0.4) is 0 Å². The lowest BCUT2D eigenvalue weighted by Crippen LogP contribution is -2.25. The molecule has 0 saturated carbocycles. The molecule has 0 unspecified atom stereocenters. The molecule has 8 heteroatoms. The molecule has 1 aromatic heterocycles. The predicted molar refractivity (Wildman–Crippen MR) is 87.6 cm³/mol. The smallest absolute Gasteiger partial charge is 0.328 e. The molecule has 0 fully saturated rings. The number of hydrogen-bond donors (Lipinski definition) is 1. The molecule has 0 saturated heterocycles. The number of hydrogen-bond acceptors (Lipinski definition) is 6. The molecule has 1 N–H and O–H groups in total. The Bertz CT molecular complexity index is 856. The molecule has 0 bridgehead atoms. The SMILES string of the molecule is Cc1cc(C)n(CC(=O)OCC(=O)c2ccc3c(c2)NC(=O)CO3)n1. The van der Waals surface area contributed by atoms with Crippen molar-refractivity contribution in [2.75, 3.05) is 18.5 Å². The maximum Gasteiger partial charge on any atom is 0.328 e. The zero-order valence-corrected chi connectivity index (χ0v) is 13.9. The zero-order valence-electron chi connectivity index (χ0n) is 13.9. The highest BCUT2D eigenvalue weighted by Gasteiger charge is 2.18. The van der Waals surface area contributed by atoms with Gasteiger partial charge in [0.25, 0.3) is 5.91 Å². The van der Waals surface area contributed by atoms with Crippen LogP contribution in [-0.4, -0.2) is 40.7 Å². The van der Waals surface area contributed by atoms with E-state index in [9.17, 15) is 14.4 Å². The van der Waals surface area contributed by atoms with Gasteiger partial charge in [-0.15, -0.1) is 0 Å². The van der Waals surface area contributed by atoms with Crippen molar-refractivity contribution in [2.45, 2.75) is 20.4 Å². The molecular formula is C17H17N3O5. The second-order valence-electron chi connectivity index (χ2n) is 5.72. The highest BCUT2D eigenvalue weighted by atomic mass is 16.5. The Morgan fingerprint density at radius 1 is 1.32 bits per heavy atom. The third-order valence-corrected chi connectivity index (χ3v) is 3.68. The minimum absolute atomic E-state index is 0.0514. The van der Waals surface area contributed by atoms with Crippen LogP contribution in [-0.2, 0) is 20.9 Å². The number of carbonyl (C=O) groups is 3. The predicted octanol–water partition coefficient (Wildman–Crippen LogP) is 1.26. The lowest BCUT2D eigenvalue weighted by Gasteiger charge is -2.18. The van der Waals surface area contributed by atoms with Gasteiger partial charge < -0.3 is 14.8 Å². The molecule has 2 aromatic rings. The fourth-order valence-electron chi connectivity index (χ4n) is 2.49. The third-order valence-electron chi connectivity index (χ3n) is 3.68. The number of amides is 1. The van der Waals surface area contributed by atoms with Crippen molar-refractivity contribution in [1.82, 2.24) is 9.78 Å². The van der Waals surface area contributed by atoms with E-state index in [1.165, 1.54) is 10.7 Å². The first kappa shape index (κ1) is 16.7. The van der Waals surface area contributed by atoms with Gasteiger partial charge in [-0.25, -0.2) is 0 Å². The Morgan fingerprint density at radius 3 is 2.84 bits per heavy atom. The van der Waals surface area contributed by atoms with E-state index >= 15 is 0 Å². The van der Waals surface area contributed by atoms with Gasteiger partial charge in [-0.05, 0) is 38.1 Å². The van der Waals surface area contributed by atoms with E-state index < -0.39 is 5.97 Å². The van der Waals surface area contributed by atoms with Gasteiger partial charge in [0.05, 0.1) is 11.4 Å². The van der Waals surface area contributed by atoms with Crippen LogP contribution in [0, 0.1) is 13.8 Å². The summed E-state index contributed by atoms with van der Waals surface area (Å²) in [5, 5.41) is 6.79. The number of aromatic nitrogens is 2. The zero-order chi connectivity index (χ0) is 18.0. The quantitative estimate of drug-likeness (QED) is 0.648. The Kier molecular flexibility index (Phi) is 4.51. The lowest BCUT2D eigenvalue weighted by molar-refractivity contribution is -0.143. The molecule has 0 atom stereocenters. The molecule has 1 aliphatic heterocycles. The highest BCUT2D eigenvalue weighted by Crippen LogP contribution is 2.28. The normalized spacial score (nSPS) is 12.8. The molecule has 0 aliphatic carbocycles. The topological polar surface area (TPSA) is 99.5 Å². The average molecular weight is 343 g/mol. The molecule has 1 amide bonds. The number of ketones is 1. The van der Waals surface area contributed by atoms with Gasteiger partial charge in [0.15, 0.2) is 19.0 Å². The van der Waals surface area contributed by atoms with Crippen LogP contribution in [0.2, 0.25) is 0 Å². The average Bonchev–Trinajstić information content (AvgIpc) is 2.89. The Labute approximate surface area is 143 Å². The summed E-state index contributed by atoms with van der Waals surface area (Å²) in [6, 6.07) is 6.51. The van der Waals surface area contributed by atoms with Crippen LogP contribution in [0.15, 0.2) is 24.3 Å². The first-order chi connectivity index (χ1) is 11.9. The van der Waals surface area contributed by atoms with Gasteiger partial charge >= 0.3 is 5.97 Å². The van der Waals surface area contributed by atoms with Crippen LogP contribution in [0.1, 0.15) is 21.7 Å². The standard InChI is InChI=1S/C17H17N3O5/c1-10-5-11(2)20(19-10)7-17(23)25-8-14(21)12-3-4-15-13(6-12)18-16(22)9-24-15/h3-6H,7-9H2,1-2H3,(H,18,22). The number of rotatable bonds is 5. The van der Waals surface area contributed by atoms with Crippen molar-refractivity contribution >= 4 is 23.3 Å². The number of anilines is 1. The molecule has 1 aromatic carbocycles. The number of Topliss-reactive ketones (excluding diaryl/α,β-unsaturated/α-hetero) is 1. The van der Waals surface area contributed by atoms with Crippen molar-refractivity contribution in [3.8, 4) is 5.75 Å². The van der Waals surface area contributed by atoms with E-state index in [-0.39, 0.29) is 31.4 Å². The summed E-state index contributed by atoms with van der Waals surface area (Å²) in [6.45, 7) is 3.18. The Hall–Kier alpha value is -3.16. The van der Waals surface area contributed by atoms with E-state index in [2.05, 4.69) is 10.4 Å². The summed E-state index contributed by atoms with van der Waals surface area (Å²) in [5.74, 6) is -0.704. The summed E-state index contributed by atoms with van der Waals surface area (Å²) >= 11 is 0. The fraction of sp³-hybridized carbons (Fsp3) is 0.294. The number of fused-ring (bicyclic) bond motifs is 1. The van der Waals surface area contributed by atoms with Crippen LogP contribution >= 0.6 is 0 Å². The van der Waals surface area contributed by atoms with Gasteiger partial charge in [0.2, 0.25) is 0 Å². The monoisotopic (exact) mass is 343 g/mol. The van der Waals surface area contributed by atoms with Crippen LogP contribution in [0.4, 0.5) is 5.69 Å². The van der Waals surface area contributed by atoms with Crippen LogP contribution < -0.4 is 10.1 Å². The summed E-state index contributed by atoms with van der Waals surface area (Å²) in [5.41, 5.74) is 2.39. The lowest BCUT2D eigenvalue weighted by atomic mass is 10.1. The van der Waals surface area contributed by atoms with Crippen LogP contribution in [0.5, 0.6) is 5.75 Å². The highest BCUT2D eigenvalue weighted by molar-refractivity contribution is 6.01. The van der Waals surface area contributed by atoms with Crippen molar-refractivity contribution in [3.63, 3.8) is 0 Å². The third kappa shape index (κ3) is 3.85. The molecule has 8 nitrogen and oxygen atoms in total. The summed E-state index contributed by atoms with van der Waals surface area (Å²) in [6.07, 6.45) is 0. The molecule has 3 rings (SSSR count). The number of benzene rings is 1. The number of esters is 1. The fourth-order valence-corrected chi connectivity index (χ4v) is 2.49. The van der Waals surface area contributed by atoms with Gasteiger partial charge in [0, 0.05) is 11.3 Å². The molecule has 0 radical (unpaired) electrons. The minimum atomic E-state index is -0.547. The number of nitrogens with one attached hydrogen (secondary N) is 1. The first-order valence-electron chi connectivity index (χ1n) is 7.69. The largest absolute Gasteiger partial charge is 0.482 e.